The summed E-state index contributed by atoms with van der Waals surface area (Å²) in [5, 5.41) is 3.57. The van der Waals surface area contributed by atoms with Crippen LogP contribution in [0, 0.1) is 0 Å². The lowest BCUT2D eigenvalue weighted by molar-refractivity contribution is 0.176. The Balaban J connectivity index is 1.54. The summed E-state index contributed by atoms with van der Waals surface area (Å²) < 4.78 is 0. The zero-order valence-electron chi connectivity index (χ0n) is 11.6. The van der Waals surface area contributed by atoms with Crippen molar-refractivity contribution < 1.29 is 0 Å². The molecule has 0 amide bonds. The Bertz CT molecular complexity index is 365. The van der Waals surface area contributed by atoms with Crippen LogP contribution in [-0.2, 0) is 0 Å². The molecule has 19 heavy (non-hydrogen) atoms. The number of hydrogen-bond acceptors (Lipinski definition) is 4. The molecule has 104 valence electrons. The van der Waals surface area contributed by atoms with Crippen molar-refractivity contribution in [1.29, 1.82) is 0 Å². The lowest BCUT2D eigenvalue weighted by atomic mass is 10.1. The number of aromatic nitrogens is 1. The number of rotatable bonds is 2. The SMILES string of the molecule is c1ccc(N2CCN(C3CCCCNC3)CC2)nc1. The van der Waals surface area contributed by atoms with Gasteiger partial charge >= 0.3 is 0 Å². The fraction of sp³-hybridized carbons (Fsp3) is 0.667. The lowest BCUT2D eigenvalue weighted by Crippen LogP contribution is -2.52. The van der Waals surface area contributed by atoms with Gasteiger partial charge in [0.2, 0.25) is 0 Å². The molecule has 0 saturated carbocycles. The maximum Gasteiger partial charge on any atom is 0.128 e. The van der Waals surface area contributed by atoms with E-state index in [1.807, 2.05) is 12.3 Å². The van der Waals surface area contributed by atoms with Crippen molar-refractivity contribution in [1.82, 2.24) is 15.2 Å². The molecule has 1 aromatic rings. The highest BCUT2D eigenvalue weighted by atomic mass is 15.3. The Morgan fingerprint density at radius 3 is 2.79 bits per heavy atom. The monoisotopic (exact) mass is 260 g/mol. The first kappa shape index (κ1) is 12.9. The second-order valence-corrected chi connectivity index (χ2v) is 5.56. The first-order chi connectivity index (χ1) is 9.43. The van der Waals surface area contributed by atoms with Gasteiger partial charge in [-0.2, -0.15) is 0 Å². The van der Waals surface area contributed by atoms with Gasteiger partial charge in [-0.3, -0.25) is 4.90 Å². The minimum absolute atomic E-state index is 0.744. The molecular weight excluding hydrogens is 236 g/mol. The summed E-state index contributed by atoms with van der Waals surface area (Å²) in [6.45, 7) is 6.92. The number of hydrogen-bond donors (Lipinski definition) is 1. The van der Waals surface area contributed by atoms with Crippen LogP contribution >= 0.6 is 0 Å². The third-order valence-corrected chi connectivity index (χ3v) is 4.32. The van der Waals surface area contributed by atoms with E-state index in [4.69, 9.17) is 0 Å². The molecule has 2 fully saturated rings. The van der Waals surface area contributed by atoms with Gasteiger partial charge in [0, 0.05) is 45.0 Å². The number of anilines is 1. The number of pyridine rings is 1. The van der Waals surface area contributed by atoms with Gasteiger partial charge in [0.15, 0.2) is 0 Å². The van der Waals surface area contributed by atoms with Gasteiger partial charge in [0.25, 0.3) is 0 Å². The molecule has 0 aliphatic carbocycles. The fourth-order valence-electron chi connectivity index (χ4n) is 3.17. The van der Waals surface area contributed by atoms with Gasteiger partial charge < -0.3 is 10.2 Å². The molecule has 3 heterocycles. The second kappa shape index (κ2) is 6.35. The molecule has 4 heteroatoms. The minimum Gasteiger partial charge on any atom is -0.354 e. The van der Waals surface area contributed by atoms with Crippen LogP contribution in [0.25, 0.3) is 0 Å². The van der Waals surface area contributed by atoms with E-state index >= 15 is 0 Å². The van der Waals surface area contributed by atoms with E-state index in [1.54, 1.807) is 0 Å². The van der Waals surface area contributed by atoms with Gasteiger partial charge in [-0.1, -0.05) is 12.5 Å². The summed E-state index contributed by atoms with van der Waals surface area (Å²) in [5.41, 5.74) is 0. The van der Waals surface area contributed by atoms with E-state index < -0.39 is 0 Å². The molecule has 0 aromatic carbocycles. The van der Waals surface area contributed by atoms with Gasteiger partial charge in [-0.05, 0) is 31.5 Å². The summed E-state index contributed by atoms with van der Waals surface area (Å²) in [7, 11) is 0. The van der Waals surface area contributed by atoms with Crippen molar-refractivity contribution in [2.24, 2.45) is 0 Å². The number of piperazine rings is 1. The first-order valence-electron chi connectivity index (χ1n) is 7.54. The van der Waals surface area contributed by atoms with Gasteiger partial charge in [0.1, 0.15) is 5.82 Å². The van der Waals surface area contributed by atoms with Crippen molar-refractivity contribution in [3.8, 4) is 0 Å². The van der Waals surface area contributed by atoms with Crippen LogP contribution in [0.4, 0.5) is 5.82 Å². The quantitative estimate of drug-likeness (QED) is 0.870. The Labute approximate surface area is 115 Å². The molecule has 0 spiro atoms. The van der Waals surface area contributed by atoms with Crippen molar-refractivity contribution in [2.45, 2.75) is 25.3 Å². The predicted molar refractivity (Wildman–Crippen MR) is 78.5 cm³/mol. The molecule has 3 rings (SSSR count). The third kappa shape index (κ3) is 3.25. The maximum atomic E-state index is 4.45. The molecule has 1 atom stereocenters. The Morgan fingerprint density at radius 1 is 1.11 bits per heavy atom. The topological polar surface area (TPSA) is 31.4 Å². The molecule has 0 bridgehead atoms. The summed E-state index contributed by atoms with van der Waals surface area (Å²) in [6.07, 6.45) is 5.95. The van der Waals surface area contributed by atoms with Crippen LogP contribution in [0.15, 0.2) is 24.4 Å². The van der Waals surface area contributed by atoms with Crippen molar-refractivity contribution in [2.75, 3.05) is 44.2 Å². The Hall–Kier alpha value is -1.13. The Kier molecular flexibility index (Phi) is 4.30. The molecule has 2 saturated heterocycles. The maximum absolute atomic E-state index is 4.45. The third-order valence-electron chi connectivity index (χ3n) is 4.32. The normalized spacial score (nSPS) is 26.1. The van der Waals surface area contributed by atoms with Crippen LogP contribution in [0.2, 0.25) is 0 Å². The van der Waals surface area contributed by atoms with Crippen molar-refractivity contribution in [3.05, 3.63) is 24.4 Å². The summed E-state index contributed by atoms with van der Waals surface area (Å²) >= 11 is 0. The van der Waals surface area contributed by atoms with Crippen LogP contribution in [0.3, 0.4) is 0 Å². The fourth-order valence-corrected chi connectivity index (χ4v) is 3.17. The van der Waals surface area contributed by atoms with Gasteiger partial charge in [-0.15, -0.1) is 0 Å². The van der Waals surface area contributed by atoms with Crippen LogP contribution in [-0.4, -0.2) is 55.2 Å². The van der Waals surface area contributed by atoms with Gasteiger partial charge in [0.05, 0.1) is 0 Å². The highest BCUT2D eigenvalue weighted by Crippen LogP contribution is 2.17. The van der Waals surface area contributed by atoms with E-state index in [0.29, 0.717) is 0 Å². The molecule has 4 nitrogen and oxygen atoms in total. The Morgan fingerprint density at radius 2 is 2.00 bits per heavy atom. The molecule has 1 aromatic heterocycles. The molecular formula is C15H24N4. The van der Waals surface area contributed by atoms with Crippen LogP contribution in [0.1, 0.15) is 19.3 Å². The van der Waals surface area contributed by atoms with E-state index in [9.17, 15) is 0 Å². The highest BCUT2D eigenvalue weighted by molar-refractivity contribution is 5.38. The molecule has 1 N–H and O–H groups in total. The summed E-state index contributed by atoms with van der Waals surface area (Å²) in [6, 6.07) is 6.91. The largest absolute Gasteiger partial charge is 0.354 e. The average molecular weight is 260 g/mol. The van der Waals surface area contributed by atoms with E-state index in [2.05, 4.69) is 32.2 Å². The molecule has 1 unspecified atom stereocenters. The standard InChI is InChI=1S/C15H24N4/c1-3-7-16-13-14(5-1)18-9-11-19(12-10-18)15-6-2-4-8-17-15/h2,4,6,8,14,16H,1,3,5,7,9-13H2. The summed E-state index contributed by atoms with van der Waals surface area (Å²) in [4.78, 5) is 9.52. The van der Waals surface area contributed by atoms with E-state index in [1.165, 1.54) is 45.4 Å². The summed E-state index contributed by atoms with van der Waals surface area (Å²) in [5.74, 6) is 1.13. The van der Waals surface area contributed by atoms with Crippen molar-refractivity contribution >= 4 is 5.82 Å². The highest BCUT2D eigenvalue weighted by Gasteiger charge is 2.24. The molecule has 2 aliphatic heterocycles. The van der Waals surface area contributed by atoms with E-state index in [0.717, 1.165) is 24.9 Å². The van der Waals surface area contributed by atoms with Crippen LogP contribution < -0.4 is 10.2 Å². The molecule has 2 aliphatic rings. The molecule has 0 radical (unpaired) electrons. The smallest absolute Gasteiger partial charge is 0.128 e. The zero-order chi connectivity index (χ0) is 12.9. The zero-order valence-corrected chi connectivity index (χ0v) is 11.6. The minimum atomic E-state index is 0.744. The first-order valence-corrected chi connectivity index (χ1v) is 7.54. The van der Waals surface area contributed by atoms with Gasteiger partial charge in [-0.25, -0.2) is 4.98 Å². The predicted octanol–water partition coefficient (Wildman–Crippen LogP) is 1.35. The van der Waals surface area contributed by atoms with E-state index in [-0.39, 0.29) is 0 Å². The number of nitrogens with zero attached hydrogens (tertiary/aromatic N) is 3. The number of nitrogens with one attached hydrogen (secondary N) is 1. The average Bonchev–Trinajstić information content (AvgIpc) is 2.77. The lowest BCUT2D eigenvalue weighted by Gasteiger charge is -2.39. The van der Waals surface area contributed by atoms with Crippen molar-refractivity contribution in [3.63, 3.8) is 0 Å². The second-order valence-electron chi connectivity index (χ2n) is 5.56. The van der Waals surface area contributed by atoms with Crippen LogP contribution in [0.5, 0.6) is 0 Å².